The molecule has 14 heavy (non-hydrogen) atoms. The van der Waals surface area contributed by atoms with E-state index in [4.69, 9.17) is 14.8 Å². The summed E-state index contributed by atoms with van der Waals surface area (Å²) in [6, 6.07) is 0. The predicted molar refractivity (Wildman–Crippen MR) is 51.9 cm³/mol. The molecule has 86 valence electrons. The van der Waals surface area contributed by atoms with Gasteiger partial charge in [0.25, 0.3) is 0 Å². The summed E-state index contributed by atoms with van der Waals surface area (Å²) in [5, 5.41) is 17.4. The summed E-state index contributed by atoms with van der Waals surface area (Å²) in [5.41, 5.74) is 0. The summed E-state index contributed by atoms with van der Waals surface area (Å²) in [6.07, 6.45) is -0.418. The van der Waals surface area contributed by atoms with Gasteiger partial charge in [-0.15, -0.1) is 0 Å². The van der Waals surface area contributed by atoms with E-state index >= 15 is 0 Å². The zero-order chi connectivity index (χ0) is 11.0. The van der Waals surface area contributed by atoms with Crippen molar-refractivity contribution in [2.45, 2.75) is 13.0 Å². The Balaban J connectivity index is 3.81. The van der Waals surface area contributed by atoms with Crippen LogP contribution in [0, 0.1) is 0 Å². The lowest BCUT2D eigenvalue weighted by Crippen LogP contribution is -2.36. The monoisotopic (exact) mass is 227 g/mol. The van der Waals surface area contributed by atoms with Gasteiger partial charge in [-0.25, -0.2) is 0 Å². The van der Waals surface area contributed by atoms with Gasteiger partial charge in [-0.1, -0.05) is 0 Å². The maximum absolute atomic E-state index is 10.3. The Bertz CT molecular complexity index is 162. The molecule has 0 aromatic rings. The van der Waals surface area contributed by atoms with Crippen LogP contribution < -0.4 is 0 Å². The lowest BCUT2D eigenvalue weighted by molar-refractivity contribution is 0.111. The van der Waals surface area contributed by atoms with Gasteiger partial charge in [0.15, 0.2) is 0 Å². The third-order valence-corrected chi connectivity index (χ3v) is 2.09. The quantitative estimate of drug-likeness (QED) is 0.452. The Morgan fingerprint density at radius 1 is 1.36 bits per heavy atom. The van der Waals surface area contributed by atoms with Crippen LogP contribution in [-0.4, -0.2) is 62.8 Å². The molecule has 0 saturated heterocycles. The molecule has 2 unspecified atom stereocenters. The second-order valence-corrected chi connectivity index (χ2v) is 3.50. The Morgan fingerprint density at radius 3 is 2.21 bits per heavy atom. The second kappa shape index (κ2) is 8.27. The van der Waals surface area contributed by atoms with E-state index in [-0.39, 0.29) is 13.2 Å². The number of aliphatic hydroxyl groups excluding tert-OH is 2. The molecule has 0 rings (SSSR count). The van der Waals surface area contributed by atoms with Crippen LogP contribution in [0.3, 0.4) is 0 Å². The van der Waals surface area contributed by atoms with Crippen LogP contribution >= 0.6 is 0 Å². The fourth-order valence-corrected chi connectivity index (χ4v) is 1.45. The van der Waals surface area contributed by atoms with Crippen LogP contribution in [0.2, 0.25) is 0 Å². The van der Waals surface area contributed by atoms with E-state index in [1.54, 1.807) is 11.8 Å². The van der Waals surface area contributed by atoms with E-state index in [9.17, 15) is 4.21 Å². The van der Waals surface area contributed by atoms with Crippen LogP contribution in [-0.2, 0) is 15.5 Å². The van der Waals surface area contributed by atoms with E-state index in [1.165, 1.54) is 0 Å². The van der Waals surface area contributed by atoms with Crippen molar-refractivity contribution < 1.29 is 23.2 Å². The summed E-state index contributed by atoms with van der Waals surface area (Å²) in [7, 11) is 0. The third-order valence-electron chi connectivity index (χ3n) is 1.59. The van der Waals surface area contributed by atoms with Crippen LogP contribution in [0.1, 0.15) is 6.92 Å². The highest BCUT2D eigenvalue weighted by molar-refractivity contribution is 7.74. The molecule has 0 aromatic carbocycles. The maximum atomic E-state index is 10.3. The first kappa shape index (κ1) is 13.9. The Hall–Kier alpha value is -0.0500. The largest absolute Gasteiger partial charge is 0.395 e. The van der Waals surface area contributed by atoms with Crippen LogP contribution in [0.5, 0.6) is 0 Å². The molecule has 0 aliphatic heterocycles. The average Bonchev–Trinajstić information content (AvgIpc) is 2.03. The number of rotatable bonds is 8. The van der Waals surface area contributed by atoms with E-state index in [0.29, 0.717) is 19.6 Å². The Labute approximate surface area is 86.0 Å². The summed E-state index contributed by atoms with van der Waals surface area (Å²) < 4.78 is 23.3. The fraction of sp³-hybridized carbons (Fsp3) is 1.00. The SMILES string of the molecule is CC(CN(CCO)CCO)OS(=O)O. The van der Waals surface area contributed by atoms with E-state index in [1.807, 2.05) is 0 Å². The maximum Gasteiger partial charge on any atom is 0.302 e. The van der Waals surface area contributed by atoms with Gasteiger partial charge in [-0.2, -0.15) is 4.21 Å². The van der Waals surface area contributed by atoms with Crippen molar-refractivity contribution in [3.63, 3.8) is 0 Å². The minimum Gasteiger partial charge on any atom is -0.395 e. The molecule has 3 N–H and O–H groups in total. The lowest BCUT2D eigenvalue weighted by atomic mass is 10.3. The van der Waals surface area contributed by atoms with Crippen molar-refractivity contribution >= 4 is 11.4 Å². The molecule has 2 atom stereocenters. The lowest BCUT2D eigenvalue weighted by Gasteiger charge is -2.22. The zero-order valence-electron chi connectivity index (χ0n) is 8.13. The minimum absolute atomic E-state index is 0.0189. The summed E-state index contributed by atoms with van der Waals surface area (Å²) in [5.74, 6) is 0. The van der Waals surface area contributed by atoms with Crippen molar-refractivity contribution in [1.29, 1.82) is 0 Å². The van der Waals surface area contributed by atoms with Crippen LogP contribution in [0.4, 0.5) is 0 Å². The van der Waals surface area contributed by atoms with Crippen molar-refractivity contribution in [3.8, 4) is 0 Å². The van der Waals surface area contributed by atoms with Gasteiger partial charge < -0.3 is 10.2 Å². The zero-order valence-corrected chi connectivity index (χ0v) is 8.94. The van der Waals surface area contributed by atoms with Gasteiger partial charge in [-0.05, 0) is 6.92 Å². The summed E-state index contributed by atoms with van der Waals surface area (Å²) in [4.78, 5) is 1.75. The van der Waals surface area contributed by atoms with Gasteiger partial charge >= 0.3 is 11.4 Å². The first-order valence-corrected chi connectivity index (χ1v) is 5.35. The van der Waals surface area contributed by atoms with Gasteiger partial charge in [0.2, 0.25) is 0 Å². The molecule has 6 nitrogen and oxygen atoms in total. The molecular formula is C7H17NO5S. The number of hydrogen-bond acceptors (Lipinski definition) is 5. The van der Waals surface area contributed by atoms with Gasteiger partial charge in [0, 0.05) is 19.6 Å². The first-order chi connectivity index (χ1) is 6.60. The minimum atomic E-state index is -2.27. The molecule has 0 amide bonds. The topological polar surface area (TPSA) is 90.2 Å². The number of hydrogen-bond donors (Lipinski definition) is 3. The van der Waals surface area contributed by atoms with Crippen molar-refractivity contribution in [1.82, 2.24) is 4.90 Å². The number of nitrogens with zero attached hydrogens (tertiary/aromatic N) is 1. The second-order valence-electron chi connectivity index (χ2n) is 2.87. The Morgan fingerprint density at radius 2 is 1.86 bits per heavy atom. The van der Waals surface area contributed by atoms with Crippen molar-refractivity contribution in [2.24, 2.45) is 0 Å². The third kappa shape index (κ3) is 7.36. The number of aliphatic hydroxyl groups is 2. The standard InChI is InChI=1S/C7H17NO5S/c1-7(13-14(11)12)6-8(2-4-9)3-5-10/h7,9-10H,2-6H2,1H3,(H,11,12). The molecular weight excluding hydrogens is 210 g/mol. The van der Waals surface area contributed by atoms with Crippen molar-refractivity contribution in [2.75, 3.05) is 32.8 Å². The summed E-state index contributed by atoms with van der Waals surface area (Å²) in [6.45, 7) is 2.83. The fourth-order valence-electron chi connectivity index (χ4n) is 1.11. The highest BCUT2D eigenvalue weighted by Crippen LogP contribution is 1.97. The van der Waals surface area contributed by atoms with E-state index < -0.39 is 17.5 Å². The highest BCUT2D eigenvalue weighted by atomic mass is 32.2. The molecule has 0 bridgehead atoms. The molecule has 7 heteroatoms. The molecule has 0 saturated carbocycles. The van der Waals surface area contributed by atoms with E-state index in [2.05, 4.69) is 4.18 Å². The molecule has 0 aliphatic carbocycles. The van der Waals surface area contributed by atoms with Crippen LogP contribution in [0.25, 0.3) is 0 Å². The Kier molecular flexibility index (Phi) is 8.24. The van der Waals surface area contributed by atoms with Gasteiger partial charge in [0.1, 0.15) is 0 Å². The molecule has 0 aromatic heterocycles. The average molecular weight is 227 g/mol. The smallest absolute Gasteiger partial charge is 0.302 e. The van der Waals surface area contributed by atoms with Gasteiger partial charge in [-0.3, -0.25) is 13.6 Å². The molecule has 0 spiro atoms. The normalized spacial score (nSPS) is 15.8. The molecule has 0 aliphatic rings. The van der Waals surface area contributed by atoms with Crippen LogP contribution in [0.15, 0.2) is 0 Å². The molecule has 0 radical (unpaired) electrons. The predicted octanol–water partition coefficient (Wildman–Crippen LogP) is -1.19. The van der Waals surface area contributed by atoms with E-state index in [0.717, 1.165) is 0 Å². The molecule has 0 heterocycles. The highest BCUT2D eigenvalue weighted by Gasteiger charge is 2.11. The molecule has 0 fully saturated rings. The van der Waals surface area contributed by atoms with Crippen molar-refractivity contribution in [3.05, 3.63) is 0 Å². The summed E-state index contributed by atoms with van der Waals surface area (Å²) >= 11 is -2.27. The first-order valence-electron chi connectivity index (χ1n) is 4.32. The van der Waals surface area contributed by atoms with Gasteiger partial charge in [0.05, 0.1) is 19.3 Å².